The van der Waals surface area contributed by atoms with Gasteiger partial charge in [0.05, 0.1) is 5.69 Å². The average molecular weight is 353 g/mol. The van der Waals surface area contributed by atoms with Crippen LogP contribution in [0.4, 0.5) is 5.69 Å². The van der Waals surface area contributed by atoms with Crippen LogP contribution in [0.5, 0.6) is 5.75 Å². The highest BCUT2D eigenvalue weighted by Gasteiger charge is 2.38. The van der Waals surface area contributed by atoms with Gasteiger partial charge >= 0.3 is 5.97 Å². The minimum atomic E-state index is -0.180. The molecule has 0 bridgehead atoms. The number of benzene rings is 1. The topological polar surface area (TPSA) is 78.9 Å². The van der Waals surface area contributed by atoms with Crippen LogP contribution in [0.2, 0.25) is 5.02 Å². The van der Waals surface area contributed by atoms with Crippen LogP contribution in [0.3, 0.4) is 0 Å². The van der Waals surface area contributed by atoms with Crippen LogP contribution in [0, 0.1) is 5.92 Å². The summed E-state index contributed by atoms with van der Waals surface area (Å²) in [6.07, 6.45) is 2.03. The number of carbonyl (C=O) groups excluding carboxylic acids is 2. The number of hydrogen-bond donors (Lipinski definition) is 2. The van der Waals surface area contributed by atoms with E-state index in [0.29, 0.717) is 43.1 Å². The molecule has 1 aromatic carbocycles. The van der Waals surface area contributed by atoms with Gasteiger partial charge in [0.2, 0.25) is 5.91 Å². The Morgan fingerprint density at radius 1 is 1.38 bits per heavy atom. The number of likely N-dealkylation sites (tertiary alicyclic amines) is 1. The predicted octanol–water partition coefficient (Wildman–Crippen LogP) is 2.40. The Labute approximate surface area is 145 Å². The Bertz CT molecular complexity index is 643. The minimum Gasteiger partial charge on any atom is -0.506 e. The Morgan fingerprint density at radius 2 is 2.08 bits per heavy atom. The van der Waals surface area contributed by atoms with Gasteiger partial charge in [-0.3, -0.25) is 14.5 Å². The van der Waals surface area contributed by atoms with Gasteiger partial charge in [-0.25, -0.2) is 0 Å². The van der Waals surface area contributed by atoms with Crippen molar-refractivity contribution in [2.45, 2.75) is 38.3 Å². The van der Waals surface area contributed by atoms with Gasteiger partial charge in [0, 0.05) is 17.4 Å². The van der Waals surface area contributed by atoms with Gasteiger partial charge in [-0.1, -0.05) is 11.6 Å². The number of rotatable bonds is 3. The van der Waals surface area contributed by atoms with Crippen molar-refractivity contribution < 1.29 is 19.4 Å². The number of nitrogens with zero attached hydrogens (tertiary/aromatic N) is 1. The third kappa shape index (κ3) is 3.65. The number of halogens is 1. The van der Waals surface area contributed by atoms with Crippen molar-refractivity contribution >= 4 is 29.2 Å². The fourth-order valence-electron chi connectivity index (χ4n) is 3.35. The molecule has 2 fully saturated rings. The molecule has 2 heterocycles. The highest BCUT2D eigenvalue weighted by molar-refractivity contribution is 6.31. The molecule has 2 aliphatic rings. The molecule has 0 aromatic heterocycles. The van der Waals surface area contributed by atoms with Crippen LogP contribution in [-0.2, 0) is 14.3 Å². The summed E-state index contributed by atoms with van der Waals surface area (Å²) in [7, 11) is 0. The first-order valence-electron chi connectivity index (χ1n) is 8.18. The number of piperidine rings is 1. The quantitative estimate of drug-likeness (QED) is 0.645. The lowest BCUT2D eigenvalue weighted by Crippen LogP contribution is -2.45. The Morgan fingerprint density at radius 3 is 2.71 bits per heavy atom. The SMILES string of the molecule is C[C@@H]1C[C@H](N2CCC(C(=O)Nc3cc(Cl)ccc3O)CC2)C(=O)O1. The molecule has 24 heavy (non-hydrogen) atoms. The van der Waals surface area contributed by atoms with E-state index in [-0.39, 0.29) is 35.7 Å². The standard InChI is InChI=1S/C17H21ClN2O4/c1-10-8-14(17(23)24-10)20-6-4-11(5-7-20)16(22)19-13-9-12(18)2-3-15(13)21/h2-3,9-11,14,21H,4-8H2,1H3,(H,19,22)/t10-,14+/m1/s1. The molecule has 7 heteroatoms. The van der Waals surface area contributed by atoms with Crippen molar-refractivity contribution in [3.05, 3.63) is 23.2 Å². The van der Waals surface area contributed by atoms with E-state index >= 15 is 0 Å². The third-order valence-corrected chi connectivity index (χ3v) is 4.94. The molecule has 0 aliphatic carbocycles. The maximum atomic E-state index is 12.4. The summed E-state index contributed by atoms with van der Waals surface area (Å²) in [5.41, 5.74) is 0.322. The van der Waals surface area contributed by atoms with Crippen molar-refractivity contribution in [2.75, 3.05) is 18.4 Å². The first kappa shape index (κ1) is 17.0. The minimum absolute atomic E-state index is 0.00660. The second-order valence-electron chi connectivity index (χ2n) is 6.46. The highest BCUT2D eigenvalue weighted by Crippen LogP contribution is 2.29. The van der Waals surface area contributed by atoms with Crippen LogP contribution in [-0.4, -0.2) is 47.1 Å². The molecule has 2 aliphatic heterocycles. The number of amides is 1. The molecule has 2 atom stereocenters. The number of nitrogens with one attached hydrogen (secondary N) is 1. The molecule has 0 spiro atoms. The van der Waals surface area contributed by atoms with Crippen LogP contribution < -0.4 is 5.32 Å². The zero-order valence-corrected chi connectivity index (χ0v) is 14.3. The average Bonchev–Trinajstić information content (AvgIpc) is 2.89. The van der Waals surface area contributed by atoms with E-state index in [9.17, 15) is 14.7 Å². The smallest absolute Gasteiger partial charge is 0.323 e. The first-order chi connectivity index (χ1) is 11.4. The summed E-state index contributed by atoms with van der Waals surface area (Å²) in [5, 5.41) is 13.0. The number of carbonyl (C=O) groups is 2. The van der Waals surface area contributed by atoms with Gasteiger partial charge in [-0.15, -0.1) is 0 Å². The molecule has 6 nitrogen and oxygen atoms in total. The van der Waals surface area contributed by atoms with Gasteiger partial charge < -0.3 is 15.2 Å². The number of aromatic hydroxyl groups is 1. The number of phenolic OH excluding ortho intramolecular Hbond substituents is 1. The summed E-state index contributed by atoms with van der Waals surface area (Å²) in [4.78, 5) is 26.3. The third-order valence-electron chi connectivity index (χ3n) is 4.70. The number of hydrogen-bond acceptors (Lipinski definition) is 5. The molecule has 0 radical (unpaired) electrons. The van der Waals surface area contributed by atoms with Crippen molar-refractivity contribution in [1.82, 2.24) is 4.90 Å². The molecule has 1 aromatic rings. The monoisotopic (exact) mass is 352 g/mol. The van der Waals surface area contributed by atoms with Gasteiger partial charge in [0.25, 0.3) is 0 Å². The molecule has 3 rings (SSSR count). The highest BCUT2D eigenvalue weighted by atomic mass is 35.5. The van der Waals surface area contributed by atoms with E-state index in [1.54, 1.807) is 6.07 Å². The second-order valence-corrected chi connectivity index (χ2v) is 6.90. The largest absolute Gasteiger partial charge is 0.506 e. The van der Waals surface area contributed by atoms with Crippen molar-refractivity contribution in [3.63, 3.8) is 0 Å². The van der Waals surface area contributed by atoms with E-state index in [1.807, 2.05) is 6.92 Å². The fraction of sp³-hybridized carbons (Fsp3) is 0.529. The maximum Gasteiger partial charge on any atom is 0.323 e. The Kier molecular flexibility index (Phi) is 4.96. The number of ether oxygens (including phenoxy) is 1. The zero-order valence-electron chi connectivity index (χ0n) is 13.5. The second kappa shape index (κ2) is 6.99. The van der Waals surface area contributed by atoms with Crippen LogP contribution in [0.25, 0.3) is 0 Å². The summed E-state index contributed by atoms with van der Waals surface area (Å²) in [6.45, 7) is 3.27. The number of phenols is 1. The summed E-state index contributed by atoms with van der Waals surface area (Å²) < 4.78 is 5.20. The maximum absolute atomic E-state index is 12.4. The zero-order chi connectivity index (χ0) is 17.3. The first-order valence-corrected chi connectivity index (χ1v) is 8.56. The van der Waals surface area contributed by atoms with Crippen molar-refractivity contribution in [1.29, 1.82) is 0 Å². The lowest BCUT2D eigenvalue weighted by Gasteiger charge is -2.33. The lowest BCUT2D eigenvalue weighted by molar-refractivity contribution is -0.145. The molecule has 0 saturated carbocycles. The van der Waals surface area contributed by atoms with Crippen LogP contribution in [0.1, 0.15) is 26.2 Å². The van der Waals surface area contributed by atoms with E-state index < -0.39 is 0 Å². The van der Waals surface area contributed by atoms with Gasteiger partial charge in [0.15, 0.2) is 0 Å². The molecular weight excluding hydrogens is 332 g/mol. The van der Waals surface area contributed by atoms with Gasteiger partial charge in [-0.05, 0) is 51.1 Å². The summed E-state index contributed by atoms with van der Waals surface area (Å²) in [6, 6.07) is 4.36. The molecule has 2 saturated heterocycles. The molecular formula is C17H21ClN2O4. The Hall–Kier alpha value is -1.79. The number of esters is 1. The lowest BCUT2D eigenvalue weighted by atomic mass is 9.94. The van der Waals surface area contributed by atoms with Crippen LogP contribution >= 0.6 is 11.6 Å². The van der Waals surface area contributed by atoms with Crippen LogP contribution in [0.15, 0.2) is 18.2 Å². The molecule has 1 amide bonds. The molecule has 130 valence electrons. The molecule has 2 N–H and O–H groups in total. The Balaban J connectivity index is 1.55. The van der Waals surface area contributed by atoms with Crippen molar-refractivity contribution in [2.24, 2.45) is 5.92 Å². The van der Waals surface area contributed by atoms with Gasteiger partial charge in [0.1, 0.15) is 17.9 Å². The van der Waals surface area contributed by atoms with E-state index in [4.69, 9.17) is 16.3 Å². The number of anilines is 1. The summed E-state index contributed by atoms with van der Waals surface area (Å²) >= 11 is 5.89. The van der Waals surface area contributed by atoms with Crippen molar-refractivity contribution in [3.8, 4) is 5.75 Å². The van der Waals surface area contributed by atoms with E-state index in [1.165, 1.54) is 12.1 Å². The molecule has 0 unspecified atom stereocenters. The predicted molar refractivity (Wildman–Crippen MR) is 90.0 cm³/mol. The van der Waals surface area contributed by atoms with E-state index in [2.05, 4.69) is 10.2 Å². The normalized spacial score (nSPS) is 25.5. The fourth-order valence-corrected chi connectivity index (χ4v) is 3.52. The van der Waals surface area contributed by atoms with Gasteiger partial charge in [-0.2, -0.15) is 0 Å². The summed E-state index contributed by atoms with van der Waals surface area (Å²) in [5.74, 6) is -0.439. The van der Waals surface area contributed by atoms with E-state index in [0.717, 1.165) is 0 Å². The number of cyclic esters (lactones) is 1.